The molecule has 1 aromatic carbocycles. The fraction of sp³-hybridized carbons (Fsp3) is 0.385. The third kappa shape index (κ3) is 4.89. The van der Waals surface area contributed by atoms with Gasteiger partial charge < -0.3 is 15.4 Å². The Hall–Kier alpha value is -1.59. The summed E-state index contributed by atoms with van der Waals surface area (Å²) in [7, 11) is 1.30. The van der Waals surface area contributed by atoms with Crippen LogP contribution in [0, 0.1) is 0 Å². The Morgan fingerprint density at radius 3 is 2.74 bits per heavy atom. The molecule has 0 fully saturated rings. The predicted molar refractivity (Wildman–Crippen MR) is 74.6 cm³/mol. The Kier molecular flexibility index (Phi) is 6.32. The molecule has 2 N–H and O–H groups in total. The van der Waals surface area contributed by atoms with Crippen molar-refractivity contribution in [2.75, 3.05) is 25.5 Å². The van der Waals surface area contributed by atoms with E-state index in [1.807, 2.05) is 6.92 Å². The fourth-order valence-corrected chi connectivity index (χ4v) is 1.60. The highest BCUT2D eigenvalue weighted by Crippen LogP contribution is 2.23. The van der Waals surface area contributed by atoms with Crippen molar-refractivity contribution in [3.8, 4) is 0 Å². The van der Waals surface area contributed by atoms with Gasteiger partial charge in [0.25, 0.3) is 0 Å². The number of halogens is 1. The molecule has 0 aliphatic carbocycles. The molecular formula is C13H17ClN2O3. The molecule has 0 aromatic heterocycles. The maximum atomic E-state index is 11.6. The van der Waals surface area contributed by atoms with Gasteiger partial charge in [0.15, 0.2) is 0 Å². The molecule has 0 saturated heterocycles. The Labute approximate surface area is 117 Å². The van der Waals surface area contributed by atoms with Gasteiger partial charge in [0.05, 0.1) is 29.9 Å². The van der Waals surface area contributed by atoms with E-state index in [1.54, 1.807) is 12.1 Å². The Balaban J connectivity index is 2.71. The Bertz CT molecular complexity index is 463. The van der Waals surface area contributed by atoms with Crippen molar-refractivity contribution >= 4 is 29.2 Å². The van der Waals surface area contributed by atoms with E-state index in [1.165, 1.54) is 13.2 Å². The third-order valence-electron chi connectivity index (χ3n) is 2.37. The first kappa shape index (κ1) is 15.5. The van der Waals surface area contributed by atoms with E-state index in [0.29, 0.717) is 16.3 Å². The van der Waals surface area contributed by atoms with Gasteiger partial charge in [0.2, 0.25) is 5.91 Å². The molecule has 5 nitrogen and oxygen atoms in total. The summed E-state index contributed by atoms with van der Waals surface area (Å²) in [5.41, 5.74) is 0.733. The second kappa shape index (κ2) is 7.76. The van der Waals surface area contributed by atoms with Crippen molar-refractivity contribution in [3.63, 3.8) is 0 Å². The molecule has 0 spiro atoms. The van der Waals surface area contributed by atoms with Crippen LogP contribution in [0.25, 0.3) is 0 Å². The van der Waals surface area contributed by atoms with Gasteiger partial charge in [-0.15, -0.1) is 0 Å². The molecule has 0 atom stereocenters. The molecule has 1 amide bonds. The predicted octanol–water partition coefficient (Wildman–Crippen LogP) is 2.06. The summed E-state index contributed by atoms with van der Waals surface area (Å²) >= 11 is 5.96. The molecular weight excluding hydrogens is 268 g/mol. The molecule has 104 valence electrons. The standard InChI is InChI=1S/C13H17ClN2O3/c1-3-6-15-8-12(17)16-11-7-9(13(18)19-2)4-5-10(11)14/h4-5,7,15H,3,6,8H2,1-2H3,(H,16,17). The summed E-state index contributed by atoms with van der Waals surface area (Å²) < 4.78 is 4.61. The van der Waals surface area contributed by atoms with Crippen molar-refractivity contribution in [3.05, 3.63) is 28.8 Å². The third-order valence-corrected chi connectivity index (χ3v) is 2.70. The number of anilines is 1. The van der Waals surface area contributed by atoms with Gasteiger partial charge in [-0.05, 0) is 31.2 Å². The molecule has 0 unspecified atom stereocenters. The Morgan fingerprint density at radius 1 is 1.37 bits per heavy atom. The van der Waals surface area contributed by atoms with Gasteiger partial charge in [-0.2, -0.15) is 0 Å². The molecule has 1 rings (SSSR count). The number of methoxy groups -OCH3 is 1. The summed E-state index contributed by atoms with van der Waals surface area (Å²) in [5.74, 6) is -0.686. The second-order valence-electron chi connectivity index (χ2n) is 3.91. The zero-order valence-corrected chi connectivity index (χ0v) is 11.7. The lowest BCUT2D eigenvalue weighted by Gasteiger charge is -2.09. The molecule has 0 radical (unpaired) electrons. The number of carbonyl (C=O) groups is 2. The number of benzene rings is 1. The number of esters is 1. The van der Waals surface area contributed by atoms with Crippen molar-refractivity contribution in [1.29, 1.82) is 0 Å². The summed E-state index contributed by atoms with van der Waals surface area (Å²) in [6, 6.07) is 4.58. The quantitative estimate of drug-likeness (QED) is 0.620. The minimum atomic E-state index is -0.476. The first-order chi connectivity index (χ1) is 9.08. The van der Waals surface area contributed by atoms with Gasteiger partial charge in [-0.3, -0.25) is 4.79 Å². The zero-order valence-electron chi connectivity index (χ0n) is 11.0. The number of nitrogens with one attached hydrogen (secondary N) is 2. The van der Waals surface area contributed by atoms with Crippen LogP contribution in [0.4, 0.5) is 5.69 Å². The summed E-state index contributed by atoms with van der Waals surface area (Å²) in [6.45, 7) is 2.98. The average Bonchev–Trinajstić information content (AvgIpc) is 2.40. The van der Waals surface area contributed by atoms with Gasteiger partial charge in [0, 0.05) is 0 Å². The van der Waals surface area contributed by atoms with Crippen molar-refractivity contribution < 1.29 is 14.3 Å². The molecule has 0 heterocycles. The highest BCUT2D eigenvalue weighted by molar-refractivity contribution is 6.33. The average molecular weight is 285 g/mol. The number of carbonyl (C=O) groups excluding carboxylic acids is 2. The summed E-state index contributed by atoms with van der Waals surface area (Å²) in [4.78, 5) is 23.0. The van der Waals surface area contributed by atoms with E-state index in [2.05, 4.69) is 15.4 Å². The van der Waals surface area contributed by atoms with Crippen LogP contribution in [0.15, 0.2) is 18.2 Å². The highest BCUT2D eigenvalue weighted by atomic mass is 35.5. The Morgan fingerprint density at radius 2 is 2.11 bits per heavy atom. The van der Waals surface area contributed by atoms with Crippen LogP contribution < -0.4 is 10.6 Å². The molecule has 19 heavy (non-hydrogen) atoms. The zero-order chi connectivity index (χ0) is 14.3. The molecule has 0 aliphatic heterocycles. The van der Waals surface area contributed by atoms with Crippen molar-refractivity contribution in [2.45, 2.75) is 13.3 Å². The van der Waals surface area contributed by atoms with Gasteiger partial charge >= 0.3 is 5.97 Å². The lowest BCUT2D eigenvalue weighted by molar-refractivity contribution is -0.115. The second-order valence-corrected chi connectivity index (χ2v) is 4.32. The fourth-order valence-electron chi connectivity index (χ4n) is 1.44. The lowest BCUT2D eigenvalue weighted by atomic mass is 10.2. The molecule has 6 heteroatoms. The maximum Gasteiger partial charge on any atom is 0.337 e. The van der Waals surface area contributed by atoms with Crippen molar-refractivity contribution in [1.82, 2.24) is 5.32 Å². The van der Waals surface area contributed by atoms with E-state index in [4.69, 9.17) is 11.6 Å². The van der Waals surface area contributed by atoms with E-state index < -0.39 is 5.97 Å². The number of hydrogen-bond acceptors (Lipinski definition) is 4. The van der Waals surface area contributed by atoms with E-state index >= 15 is 0 Å². The van der Waals surface area contributed by atoms with E-state index in [-0.39, 0.29) is 12.5 Å². The minimum absolute atomic E-state index is 0.201. The normalized spacial score (nSPS) is 10.1. The number of rotatable bonds is 6. The van der Waals surface area contributed by atoms with Crippen LogP contribution in [-0.4, -0.2) is 32.1 Å². The summed E-state index contributed by atoms with van der Waals surface area (Å²) in [5, 5.41) is 6.00. The van der Waals surface area contributed by atoms with Crippen molar-refractivity contribution in [2.24, 2.45) is 0 Å². The van der Waals surface area contributed by atoms with Crippen LogP contribution in [0.2, 0.25) is 5.02 Å². The highest BCUT2D eigenvalue weighted by Gasteiger charge is 2.10. The minimum Gasteiger partial charge on any atom is -0.465 e. The first-order valence-corrected chi connectivity index (χ1v) is 6.34. The topological polar surface area (TPSA) is 67.4 Å². The van der Waals surface area contributed by atoms with Gasteiger partial charge in [-0.1, -0.05) is 18.5 Å². The maximum absolute atomic E-state index is 11.6. The monoisotopic (exact) mass is 284 g/mol. The van der Waals surface area contributed by atoms with E-state index in [0.717, 1.165) is 13.0 Å². The van der Waals surface area contributed by atoms with Crippen LogP contribution in [0.1, 0.15) is 23.7 Å². The number of hydrogen-bond donors (Lipinski definition) is 2. The van der Waals surface area contributed by atoms with Crippen LogP contribution >= 0.6 is 11.6 Å². The number of amides is 1. The first-order valence-electron chi connectivity index (χ1n) is 5.97. The van der Waals surface area contributed by atoms with E-state index in [9.17, 15) is 9.59 Å². The largest absolute Gasteiger partial charge is 0.465 e. The molecule has 0 saturated carbocycles. The summed E-state index contributed by atoms with van der Waals surface area (Å²) in [6.07, 6.45) is 0.950. The van der Waals surface area contributed by atoms with Crippen LogP contribution in [0.5, 0.6) is 0 Å². The molecule has 0 aliphatic rings. The van der Waals surface area contributed by atoms with Gasteiger partial charge in [-0.25, -0.2) is 4.79 Å². The van der Waals surface area contributed by atoms with Gasteiger partial charge in [0.1, 0.15) is 0 Å². The number of ether oxygens (including phenoxy) is 1. The van der Waals surface area contributed by atoms with Crippen LogP contribution in [-0.2, 0) is 9.53 Å². The SMILES string of the molecule is CCCNCC(=O)Nc1cc(C(=O)OC)ccc1Cl. The molecule has 1 aromatic rings. The van der Waals surface area contributed by atoms with Crippen LogP contribution in [0.3, 0.4) is 0 Å². The molecule has 0 bridgehead atoms. The lowest BCUT2D eigenvalue weighted by Crippen LogP contribution is -2.28. The smallest absolute Gasteiger partial charge is 0.337 e.